The van der Waals surface area contributed by atoms with Crippen LogP contribution in [-0.2, 0) is 10.0 Å². The third-order valence-electron chi connectivity index (χ3n) is 4.66. The average Bonchev–Trinajstić information content (AvgIpc) is 3.31. The smallest absolute Gasteiger partial charge is 0.262 e. The zero-order valence-electron chi connectivity index (χ0n) is 14.4. The standard InChI is InChI=1S/C16H26N4O3S2/c21-16(18-5-3-8-19-11-6-17-7-12-19)15-14(4-13-24-15)25(22,23)20-9-1-2-10-20/h4,13,17H,1-3,5-12H2,(H,18,21). The number of carbonyl (C=O) groups excluding carboxylic acids is 1. The summed E-state index contributed by atoms with van der Waals surface area (Å²) in [5, 5.41) is 7.87. The Morgan fingerprint density at radius 3 is 2.64 bits per heavy atom. The minimum absolute atomic E-state index is 0.152. The molecule has 0 atom stereocenters. The van der Waals surface area contributed by atoms with Crippen LogP contribution in [0.2, 0.25) is 0 Å². The minimum atomic E-state index is -3.55. The molecule has 0 saturated carbocycles. The van der Waals surface area contributed by atoms with Crippen molar-refractivity contribution in [1.29, 1.82) is 0 Å². The Balaban J connectivity index is 1.53. The normalized spacial score (nSPS) is 20.0. The van der Waals surface area contributed by atoms with Gasteiger partial charge in [0.25, 0.3) is 5.91 Å². The molecule has 1 aromatic rings. The van der Waals surface area contributed by atoms with Gasteiger partial charge in [0.1, 0.15) is 9.77 Å². The van der Waals surface area contributed by atoms with Crippen molar-refractivity contribution < 1.29 is 13.2 Å². The fourth-order valence-electron chi connectivity index (χ4n) is 3.25. The molecule has 0 radical (unpaired) electrons. The van der Waals surface area contributed by atoms with Gasteiger partial charge >= 0.3 is 0 Å². The topological polar surface area (TPSA) is 81.8 Å². The Bertz CT molecular complexity index is 677. The summed E-state index contributed by atoms with van der Waals surface area (Å²) in [5.41, 5.74) is 0. The Morgan fingerprint density at radius 2 is 1.92 bits per heavy atom. The molecule has 1 amide bonds. The van der Waals surface area contributed by atoms with E-state index in [0.29, 0.717) is 24.5 Å². The monoisotopic (exact) mass is 386 g/mol. The summed E-state index contributed by atoms with van der Waals surface area (Å²) in [6.07, 6.45) is 2.64. The van der Waals surface area contributed by atoms with Gasteiger partial charge in [-0.05, 0) is 37.3 Å². The summed E-state index contributed by atoms with van der Waals surface area (Å²) in [6.45, 7) is 6.70. The SMILES string of the molecule is O=C(NCCCN1CCNCC1)c1sccc1S(=O)(=O)N1CCCC1. The van der Waals surface area contributed by atoms with Gasteiger partial charge in [-0.1, -0.05) is 0 Å². The van der Waals surface area contributed by atoms with Gasteiger partial charge < -0.3 is 15.5 Å². The summed E-state index contributed by atoms with van der Waals surface area (Å²) in [7, 11) is -3.55. The molecule has 2 aliphatic heterocycles. The molecule has 0 spiro atoms. The van der Waals surface area contributed by atoms with Crippen LogP contribution >= 0.6 is 11.3 Å². The van der Waals surface area contributed by atoms with E-state index in [1.54, 1.807) is 11.4 Å². The summed E-state index contributed by atoms with van der Waals surface area (Å²) >= 11 is 1.19. The highest BCUT2D eigenvalue weighted by molar-refractivity contribution is 7.89. The molecule has 3 heterocycles. The van der Waals surface area contributed by atoms with Crippen molar-refractivity contribution in [2.75, 3.05) is 52.4 Å². The van der Waals surface area contributed by atoms with Crippen molar-refractivity contribution in [3.05, 3.63) is 16.3 Å². The van der Waals surface area contributed by atoms with E-state index in [1.807, 2.05) is 0 Å². The molecule has 2 aliphatic rings. The van der Waals surface area contributed by atoms with Crippen LogP contribution in [-0.4, -0.2) is 75.9 Å². The molecule has 3 rings (SSSR count). The largest absolute Gasteiger partial charge is 0.351 e. The molecular weight excluding hydrogens is 360 g/mol. The van der Waals surface area contributed by atoms with Crippen LogP contribution in [0.25, 0.3) is 0 Å². The second kappa shape index (κ2) is 8.59. The number of piperazine rings is 1. The number of nitrogens with zero attached hydrogens (tertiary/aromatic N) is 2. The van der Waals surface area contributed by atoms with Gasteiger partial charge in [-0.3, -0.25) is 4.79 Å². The Morgan fingerprint density at radius 1 is 1.20 bits per heavy atom. The van der Waals surface area contributed by atoms with Gasteiger partial charge in [-0.25, -0.2) is 8.42 Å². The van der Waals surface area contributed by atoms with Gasteiger partial charge in [0.2, 0.25) is 10.0 Å². The lowest BCUT2D eigenvalue weighted by Gasteiger charge is -2.27. The van der Waals surface area contributed by atoms with Crippen LogP contribution in [0.4, 0.5) is 0 Å². The summed E-state index contributed by atoms with van der Waals surface area (Å²) in [4.78, 5) is 15.3. The third-order valence-corrected chi connectivity index (χ3v) is 7.65. The van der Waals surface area contributed by atoms with E-state index in [-0.39, 0.29) is 10.8 Å². The van der Waals surface area contributed by atoms with Crippen LogP contribution in [0.5, 0.6) is 0 Å². The van der Waals surface area contributed by atoms with Gasteiger partial charge in [-0.15, -0.1) is 11.3 Å². The second-order valence-corrected chi connectivity index (χ2v) is 9.25. The first-order valence-electron chi connectivity index (χ1n) is 8.88. The lowest BCUT2D eigenvalue weighted by molar-refractivity contribution is 0.0952. The molecule has 2 fully saturated rings. The number of thiophene rings is 1. The van der Waals surface area contributed by atoms with E-state index in [0.717, 1.165) is 52.0 Å². The molecule has 25 heavy (non-hydrogen) atoms. The molecular formula is C16H26N4O3S2. The molecule has 9 heteroatoms. The quantitative estimate of drug-likeness (QED) is 0.669. The van der Waals surface area contributed by atoms with Crippen LogP contribution in [0.15, 0.2) is 16.3 Å². The maximum Gasteiger partial charge on any atom is 0.262 e. The molecule has 2 N–H and O–H groups in total. The van der Waals surface area contributed by atoms with E-state index >= 15 is 0 Å². The van der Waals surface area contributed by atoms with Gasteiger partial charge in [0.15, 0.2) is 0 Å². The van der Waals surface area contributed by atoms with E-state index in [4.69, 9.17) is 0 Å². The first-order valence-corrected chi connectivity index (χ1v) is 11.2. The number of hydrogen-bond acceptors (Lipinski definition) is 6. The van der Waals surface area contributed by atoms with Gasteiger partial charge in [0.05, 0.1) is 0 Å². The van der Waals surface area contributed by atoms with E-state index in [9.17, 15) is 13.2 Å². The summed E-state index contributed by atoms with van der Waals surface area (Å²) < 4.78 is 26.9. The van der Waals surface area contributed by atoms with Crippen molar-refractivity contribution in [3.8, 4) is 0 Å². The van der Waals surface area contributed by atoms with Crippen LogP contribution < -0.4 is 10.6 Å². The molecule has 0 bridgehead atoms. The predicted octanol–water partition coefficient (Wildman–Crippen LogP) is 0.558. The Kier molecular flexibility index (Phi) is 6.45. The first-order chi connectivity index (χ1) is 12.1. The van der Waals surface area contributed by atoms with Crippen molar-refractivity contribution in [2.45, 2.75) is 24.2 Å². The van der Waals surface area contributed by atoms with Crippen LogP contribution in [0, 0.1) is 0 Å². The molecule has 140 valence electrons. The summed E-state index contributed by atoms with van der Waals surface area (Å²) in [6, 6.07) is 1.55. The average molecular weight is 387 g/mol. The van der Waals surface area contributed by atoms with Crippen LogP contribution in [0.1, 0.15) is 28.9 Å². The van der Waals surface area contributed by atoms with Gasteiger partial charge in [-0.2, -0.15) is 4.31 Å². The lowest BCUT2D eigenvalue weighted by Crippen LogP contribution is -2.44. The van der Waals surface area contributed by atoms with Gasteiger partial charge in [0, 0.05) is 45.8 Å². The third kappa shape index (κ3) is 4.59. The van der Waals surface area contributed by atoms with Crippen molar-refractivity contribution in [2.24, 2.45) is 0 Å². The number of hydrogen-bond donors (Lipinski definition) is 2. The number of carbonyl (C=O) groups is 1. The molecule has 0 aliphatic carbocycles. The number of nitrogens with one attached hydrogen (secondary N) is 2. The fraction of sp³-hybridized carbons (Fsp3) is 0.688. The van der Waals surface area contributed by atoms with E-state index in [2.05, 4.69) is 15.5 Å². The molecule has 0 unspecified atom stereocenters. The highest BCUT2D eigenvalue weighted by Crippen LogP contribution is 2.27. The highest BCUT2D eigenvalue weighted by atomic mass is 32.2. The van der Waals surface area contributed by atoms with E-state index in [1.165, 1.54) is 15.6 Å². The Labute approximate surface area is 153 Å². The zero-order valence-corrected chi connectivity index (χ0v) is 16.0. The minimum Gasteiger partial charge on any atom is -0.351 e. The van der Waals surface area contributed by atoms with Crippen molar-refractivity contribution in [3.63, 3.8) is 0 Å². The maximum absolute atomic E-state index is 12.7. The summed E-state index contributed by atoms with van der Waals surface area (Å²) in [5.74, 6) is -0.284. The van der Waals surface area contributed by atoms with Crippen molar-refractivity contribution in [1.82, 2.24) is 19.8 Å². The maximum atomic E-state index is 12.7. The molecule has 7 nitrogen and oxygen atoms in total. The lowest BCUT2D eigenvalue weighted by atomic mass is 10.3. The molecule has 1 aromatic heterocycles. The molecule has 2 saturated heterocycles. The highest BCUT2D eigenvalue weighted by Gasteiger charge is 2.31. The number of sulfonamides is 1. The van der Waals surface area contributed by atoms with Crippen LogP contribution in [0.3, 0.4) is 0 Å². The van der Waals surface area contributed by atoms with Crippen molar-refractivity contribution >= 4 is 27.3 Å². The first kappa shape index (κ1) is 18.8. The second-order valence-electron chi connectivity index (χ2n) is 6.43. The fourth-order valence-corrected chi connectivity index (χ4v) is 6.09. The Hall–Kier alpha value is -1.00. The predicted molar refractivity (Wildman–Crippen MR) is 98.6 cm³/mol. The van der Waals surface area contributed by atoms with E-state index < -0.39 is 10.0 Å². The number of rotatable bonds is 7. The zero-order chi connectivity index (χ0) is 17.7. The molecule has 0 aromatic carbocycles. The number of amides is 1.